The van der Waals surface area contributed by atoms with Gasteiger partial charge in [-0.3, -0.25) is 4.79 Å². The van der Waals surface area contributed by atoms with Gasteiger partial charge in [0.15, 0.2) is 0 Å². The molecule has 0 bridgehead atoms. The number of nitrogens with two attached hydrogens (primary N) is 2. The number of primary amides is 1. The zero-order chi connectivity index (χ0) is 13.8. The number of nitrogen functional groups attached to an aromatic ring is 1. The van der Waals surface area contributed by atoms with Gasteiger partial charge in [0.25, 0.3) is 0 Å². The normalized spacial score (nSPS) is 10.4. The maximum atomic E-state index is 11.1. The molecule has 0 unspecified atom stereocenters. The van der Waals surface area contributed by atoms with Gasteiger partial charge in [-0.15, -0.1) is 11.8 Å². The summed E-state index contributed by atoms with van der Waals surface area (Å²) >= 11 is 1.70. The maximum absolute atomic E-state index is 11.1. The van der Waals surface area contributed by atoms with Crippen molar-refractivity contribution in [3.05, 3.63) is 59.2 Å². The Morgan fingerprint density at radius 3 is 2.74 bits per heavy atom. The molecule has 0 aliphatic rings. The highest BCUT2D eigenvalue weighted by Gasteiger charge is 2.04. The van der Waals surface area contributed by atoms with Crippen molar-refractivity contribution in [2.45, 2.75) is 17.6 Å². The summed E-state index contributed by atoms with van der Waals surface area (Å²) < 4.78 is 0. The summed E-state index contributed by atoms with van der Waals surface area (Å²) in [5.41, 5.74) is 14.6. The average molecular weight is 272 g/mol. The van der Waals surface area contributed by atoms with Crippen LogP contribution in [0.5, 0.6) is 0 Å². The fourth-order valence-electron chi connectivity index (χ4n) is 1.75. The second-order valence-corrected chi connectivity index (χ2v) is 5.40. The van der Waals surface area contributed by atoms with Crippen molar-refractivity contribution < 1.29 is 4.79 Å². The molecule has 0 fully saturated rings. The van der Waals surface area contributed by atoms with Gasteiger partial charge in [0.1, 0.15) is 0 Å². The number of aryl methyl sites for hydroxylation is 1. The molecular formula is C15H16N2OS. The minimum atomic E-state index is -0.396. The van der Waals surface area contributed by atoms with E-state index in [2.05, 4.69) is 6.92 Å². The number of carbonyl (C=O) groups excluding carboxylic acids is 1. The molecule has 3 nitrogen and oxygen atoms in total. The topological polar surface area (TPSA) is 69.1 Å². The molecule has 19 heavy (non-hydrogen) atoms. The van der Waals surface area contributed by atoms with Gasteiger partial charge in [-0.05, 0) is 42.3 Å². The Morgan fingerprint density at radius 2 is 2.00 bits per heavy atom. The van der Waals surface area contributed by atoms with Crippen LogP contribution in [0.3, 0.4) is 0 Å². The van der Waals surface area contributed by atoms with E-state index in [1.165, 1.54) is 5.56 Å². The number of anilines is 1. The molecule has 2 aromatic carbocycles. The number of rotatable bonds is 4. The summed E-state index contributed by atoms with van der Waals surface area (Å²) in [6.45, 7) is 2.06. The second-order valence-electron chi connectivity index (χ2n) is 4.38. The highest BCUT2D eigenvalue weighted by Crippen LogP contribution is 2.27. The molecule has 0 saturated heterocycles. The lowest BCUT2D eigenvalue weighted by Crippen LogP contribution is -2.10. The van der Waals surface area contributed by atoms with E-state index >= 15 is 0 Å². The molecule has 0 spiro atoms. The first-order chi connectivity index (χ1) is 9.06. The zero-order valence-corrected chi connectivity index (χ0v) is 11.5. The number of carbonyl (C=O) groups is 1. The number of hydrogen-bond acceptors (Lipinski definition) is 3. The average Bonchev–Trinajstić information content (AvgIpc) is 2.40. The van der Waals surface area contributed by atoms with Gasteiger partial charge < -0.3 is 11.5 Å². The third-order valence-corrected chi connectivity index (χ3v) is 4.05. The van der Waals surface area contributed by atoms with Crippen LogP contribution in [0.15, 0.2) is 47.4 Å². The van der Waals surface area contributed by atoms with Gasteiger partial charge in [0.05, 0.1) is 0 Å². The SMILES string of the molecule is Cc1ccc(N)cc1SCc1cccc(C(N)=O)c1. The van der Waals surface area contributed by atoms with Crippen molar-refractivity contribution in [3.63, 3.8) is 0 Å². The van der Waals surface area contributed by atoms with Crippen LogP contribution in [-0.2, 0) is 5.75 Å². The standard InChI is InChI=1S/C15H16N2OS/c1-10-5-6-13(16)8-14(10)19-9-11-3-2-4-12(7-11)15(17)18/h2-8H,9,16H2,1H3,(H2,17,18). The van der Waals surface area contributed by atoms with Crippen molar-refractivity contribution in [1.82, 2.24) is 0 Å². The van der Waals surface area contributed by atoms with E-state index in [9.17, 15) is 4.79 Å². The molecule has 1 amide bonds. The molecular weight excluding hydrogens is 256 g/mol. The van der Waals surface area contributed by atoms with Crippen molar-refractivity contribution in [2.75, 3.05) is 5.73 Å². The van der Waals surface area contributed by atoms with Crippen LogP contribution in [0.2, 0.25) is 0 Å². The fourth-order valence-corrected chi connectivity index (χ4v) is 2.76. The van der Waals surface area contributed by atoms with E-state index in [-0.39, 0.29) is 0 Å². The minimum Gasteiger partial charge on any atom is -0.399 e. The van der Waals surface area contributed by atoms with E-state index in [0.29, 0.717) is 5.56 Å². The minimum absolute atomic E-state index is 0.396. The lowest BCUT2D eigenvalue weighted by Gasteiger charge is -2.07. The molecule has 0 aromatic heterocycles. The van der Waals surface area contributed by atoms with Crippen molar-refractivity contribution in [1.29, 1.82) is 0 Å². The Kier molecular flexibility index (Phi) is 4.12. The van der Waals surface area contributed by atoms with Gasteiger partial charge in [-0.2, -0.15) is 0 Å². The van der Waals surface area contributed by atoms with Gasteiger partial charge >= 0.3 is 0 Å². The Morgan fingerprint density at radius 1 is 1.21 bits per heavy atom. The van der Waals surface area contributed by atoms with Gasteiger partial charge in [-0.25, -0.2) is 0 Å². The Hall–Kier alpha value is -1.94. The Bertz CT molecular complexity index is 611. The molecule has 0 heterocycles. The molecule has 4 heteroatoms. The first-order valence-corrected chi connectivity index (χ1v) is 6.92. The predicted molar refractivity (Wildman–Crippen MR) is 80.1 cm³/mol. The van der Waals surface area contributed by atoms with Crippen LogP contribution in [0.1, 0.15) is 21.5 Å². The zero-order valence-electron chi connectivity index (χ0n) is 10.7. The van der Waals surface area contributed by atoms with Gasteiger partial charge in [-0.1, -0.05) is 18.2 Å². The Labute approximate surface area is 117 Å². The number of thioether (sulfide) groups is 1. The predicted octanol–water partition coefficient (Wildman–Crippen LogP) is 2.97. The largest absolute Gasteiger partial charge is 0.399 e. The summed E-state index contributed by atoms with van der Waals surface area (Å²) in [6, 6.07) is 13.3. The molecule has 0 radical (unpaired) electrons. The number of hydrogen-bond donors (Lipinski definition) is 2. The molecule has 0 atom stereocenters. The summed E-state index contributed by atoms with van der Waals surface area (Å²) in [5, 5.41) is 0. The number of amides is 1. The van der Waals surface area contributed by atoms with E-state index in [0.717, 1.165) is 21.9 Å². The summed E-state index contributed by atoms with van der Waals surface area (Å²) in [4.78, 5) is 12.3. The lowest BCUT2D eigenvalue weighted by molar-refractivity contribution is 0.1000. The van der Waals surface area contributed by atoms with Crippen molar-refractivity contribution in [3.8, 4) is 0 Å². The maximum Gasteiger partial charge on any atom is 0.248 e. The second kappa shape index (κ2) is 5.80. The molecule has 4 N–H and O–H groups in total. The fraction of sp³-hybridized carbons (Fsp3) is 0.133. The molecule has 2 rings (SSSR count). The summed E-state index contributed by atoms with van der Waals surface area (Å²) in [5.74, 6) is 0.387. The van der Waals surface area contributed by atoms with E-state index < -0.39 is 5.91 Å². The molecule has 0 aliphatic heterocycles. The van der Waals surface area contributed by atoms with E-state index in [1.807, 2.05) is 36.4 Å². The van der Waals surface area contributed by atoms with Crippen LogP contribution in [0.4, 0.5) is 5.69 Å². The number of benzene rings is 2. The van der Waals surface area contributed by atoms with Crippen LogP contribution >= 0.6 is 11.8 Å². The smallest absolute Gasteiger partial charge is 0.248 e. The quantitative estimate of drug-likeness (QED) is 0.664. The summed E-state index contributed by atoms with van der Waals surface area (Å²) in [7, 11) is 0. The highest BCUT2D eigenvalue weighted by atomic mass is 32.2. The first-order valence-electron chi connectivity index (χ1n) is 5.94. The van der Waals surface area contributed by atoms with E-state index in [1.54, 1.807) is 17.8 Å². The van der Waals surface area contributed by atoms with Crippen LogP contribution in [0, 0.1) is 6.92 Å². The molecule has 98 valence electrons. The molecule has 0 saturated carbocycles. The lowest BCUT2D eigenvalue weighted by atomic mass is 10.1. The molecule has 2 aromatic rings. The monoisotopic (exact) mass is 272 g/mol. The van der Waals surface area contributed by atoms with Crippen LogP contribution in [0.25, 0.3) is 0 Å². The van der Waals surface area contributed by atoms with Crippen LogP contribution in [-0.4, -0.2) is 5.91 Å². The summed E-state index contributed by atoms with van der Waals surface area (Å²) in [6.07, 6.45) is 0. The van der Waals surface area contributed by atoms with Crippen molar-refractivity contribution >= 4 is 23.4 Å². The van der Waals surface area contributed by atoms with Gasteiger partial charge in [0, 0.05) is 21.9 Å². The Balaban J connectivity index is 2.12. The van der Waals surface area contributed by atoms with Crippen molar-refractivity contribution in [2.24, 2.45) is 5.73 Å². The third-order valence-electron chi connectivity index (χ3n) is 2.82. The van der Waals surface area contributed by atoms with Crippen LogP contribution < -0.4 is 11.5 Å². The van der Waals surface area contributed by atoms with Gasteiger partial charge in [0.2, 0.25) is 5.91 Å². The van der Waals surface area contributed by atoms with E-state index in [4.69, 9.17) is 11.5 Å². The highest BCUT2D eigenvalue weighted by molar-refractivity contribution is 7.98. The molecule has 0 aliphatic carbocycles. The third kappa shape index (κ3) is 3.51. The first kappa shape index (κ1) is 13.5.